The molecule has 1 aliphatic heterocycles. The summed E-state index contributed by atoms with van der Waals surface area (Å²) in [5.74, 6) is 0. The molecule has 0 radical (unpaired) electrons. The van der Waals surface area contributed by atoms with Crippen molar-refractivity contribution < 1.29 is 4.74 Å². The third kappa shape index (κ3) is 4.57. The lowest BCUT2D eigenvalue weighted by atomic mass is 9.99. The van der Waals surface area contributed by atoms with E-state index in [0.717, 1.165) is 41.7 Å². The van der Waals surface area contributed by atoms with Crippen LogP contribution in [0.3, 0.4) is 0 Å². The van der Waals surface area contributed by atoms with Crippen molar-refractivity contribution in [2.75, 3.05) is 26.7 Å². The normalized spacial score (nSPS) is 21.7. The fourth-order valence-corrected chi connectivity index (χ4v) is 3.15. The highest BCUT2D eigenvalue weighted by atomic mass is 35.5. The maximum atomic E-state index is 6.28. The van der Waals surface area contributed by atoms with Gasteiger partial charge in [-0.2, -0.15) is 0 Å². The Morgan fingerprint density at radius 3 is 2.81 bits per heavy atom. The van der Waals surface area contributed by atoms with Gasteiger partial charge in [-0.05, 0) is 51.1 Å². The maximum Gasteiger partial charge on any atom is 0.0858 e. The molecule has 0 amide bonds. The van der Waals surface area contributed by atoms with Crippen LogP contribution in [0, 0.1) is 0 Å². The van der Waals surface area contributed by atoms with Crippen molar-refractivity contribution in [1.82, 2.24) is 10.2 Å². The monoisotopic (exact) mass is 330 g/mol. The number of rotatable bonds is 5. The van der Waals surface area contributed by atoms with E-state index in [2.05, 4.69) is 24.1 Å². The zero-order valence-electron chi connectivity index (χ0n) is 12.9. The Morgan fingerprint density at radius 1 is 1.38 bits per heavy atom. The molecular formula is C16H24Cl2N2O. The first-order valence-electron chi connectivity index (χ1n) is 7.48. The lowest BCUT2D eigenvalue weighted by Gasteiger charge is -2.39. The van der Waals surface area contributed by atoms with E-state index >= 15 is 0 Å². The Balaban J connectivity index is 2.07. The van der Waals surface area contributed by atoms with Crippen molar-refractivity contribution in [3.05, 3.63) is 33.8 Å². The topological polar surface area (TPSA) is 24.5 Å². The van der Waals surface area contributed by atoms with Crippen LogP contribution in [0.25, 0.3) is 0 Å². The number of nitrogens with one attached hydrogen (secondary N) is 1. The number of nitrogens with zero attached hydrogens (tertiary/aromatic N) is 1. The molecule has 1 aliphatic rings. The zero-order valence-corrected chi connectivity index (χ0v) is 14.4. The highest BCUT2D eigenvalue weighted by molar-refractivity contribution is 6.33. The molecule has 0 aromatic heterocycles. The van der Waals surface area contributed by atoms with Crippen LogP contribution in [0.2, 0.25) is 10.0 Å². The van der Waals surface area contributed by atoms with Crippen molar-refractivity contribution in [1.29, 1.82) is 0 Å². The van der Waals surface area contributed by atoms with Crippen molar-refractivity contribution in [3.8, 4) is 0 Å². The zero-order chi connectivity index (χ0) is 15.4. The standard InChI is InChI=1S/C16H24Cl2N2O/c1-11(2)20-6-7-21-16(10-20)15(19-3)9-12-8-13(17)4-5-14(12)18/h4-5,8,11,15-16,19H,6-7,9-10H2,1-3H3. The lowest BCUT2D eigenvalue weighted by Crippen LogP contribution is -2.53. The molecule has 2 unspecified atom stereocenters. The van der Waals surface area contributed by atoms with Gasteiger partial charge in [-0.25, -0.2) is 0 Å². The van der Waals surface area contributed by atoms with Gasteiger partial charge >= 0.3 is 0 Å². The van der Waals surface area contributed by atoms with E-state index < -0.39 is 0 Å². The number of likely N-dealkylation sites (N-methyl/N-ethyl adjacent to an activating group) is 1. The summed E-state index contributed by atoms with van der Waals surface area (Å²) in [7, 11) is 1.97. The fraction of sp³-hybridized carbons (Fsp3) is 0.625. The second kappa shape index (κ2) is 7.80. The van der Waals surface area contributed by atoms with Crippen LogP contribution in [-0.2, 0) is 11.2 Å². The van der Waals surface area contributed by atoms with Gasteiger partial charge in [-0.1, -0.05) is 23.2 Å². The Labute approximate surface area is 137 Å². The van der Waals surface area contributed by atoms with Crippen LogP contribution in [-0.4, -0.2) is 49.8 Å². The number of ether oxygens (including phenoxy) is 1. The quantitative estimate of drug-likeness (QED) is 0.896. The third-order valence-electron chi connectivity index (χ3n) is 4.12. The molecule has 2 atom stereocenters. The van der Waals surface area contributed by atoms with E-state index in [4.69, 9.17) is 27.9 Å². The Morgan fingerprint density at radius 2 is 2.14 bits per heavy atom. The molecule has 0 saturated carbocycles. The van der Waals surface area contributed by atoms with Crippen LogP contribution >= 0.6 is 23.2 Å². The summed E-state index contributed by atoms with van der Waals surface area (Å²) < 4.78 is 5.97. The summed E-state index contributed by atoms with van der Waals surface area (Å²) in [6, 6.07) is 6.39. The second-order valence-corrected chi connectivity index (χ2v) is 6.68. The van der Waals surface area contributed by atoms with Gasteiger partial charge in [0.15, 0.2) is 0 Å². The van der Waals surface area contributed by atoms with Gasteiger partial charge in [0.1, 0.15) is 0 Å². The summed E-state index contributed by atoms with van der Waals surface area (Å²) in [6.45, 7) is 7.18. The number of morpholine rings is 1. The molecule has 21 heavy (non-hydrogen) atoms. The molecule has 1 aromatic rings. The van der Waals surface area contributed by atoms with Gasteiger partial charge in [-0.3, -0.25) is 4.90 Å². The molecule has 2 rings (SSSR count). The van der Waals surface area contributed by atoms with Crippen molar-refractivity contribution in [2.45, 2.75) is 38.5 Å². The smallest absolute Gasteiger partial charge is 0.0858 e. The largest absolute Gasteiger partial charge is 0.374 e. The van der Waals surface area contributed by atoms with Gasteiger partial charge < -0.3 is 10.1 Å². The van der Waals surface area contributed by atoms with Gasteiger partial charge in [-0.15, -0.1) is 0 Å². The summed E-state index contributed by atoms with van der Waals surface area (Å²) in [5.41, 5.74) is 1.06. The Hall–Kier alpha value is -0.320. The van der Waals surface area contributed by atoms with E-state index in [0.29, 0.717) is 6.04 Å². The highest BCUT2D eigenvalue weighted by Gasteiger charge is 2.28. The first-order chi connectivity index (χ1) is 10.0. The molecule has 1 aromatic carbocycles. The fourth-order valence-electron chi connectivity index (χ4n) is 2.76. The van der Waals surface area contributed by atoms with E-state index in [-0.39, 0.29) is 12.1 Å². The van der Waals surface area contributed by atoms with Crippen LogP contribution in [0.15, 0.2) is 18.2 Å². The van der Waals surface area contributed by atoms with E-state index in [1.165, 1.54) is 0 Å². The number of benzene rings is 1. The van der Waals surface area contributed by atoms with Crippen LogP contribution in [0.5, 0.6) is 0 Å². The highest BCUT2D eigenvalue weighted by Crippen LogP contribution is 2.23. The van der Waals surface area contributed by atoms with E-state index in [1.807, 2.05) is 25.2 Å². The average Bonchev–Trinajstić information content (AvgIpc) is 2.48. The molecule has 118 valence electrons. The molecule has 1 fully saturated rings. The number of hydrogen-bond donors (Lipinski definition) is 1. The molecule has 3 nitrogen and oxygen atoms in total. The molecule has 1 N–H and O–H groups in total. The second-order valence-electron chi connectivity index (χ2n) is 5.83. The van der Waals surface area contributed by atoms with Crippen LogP contribution < -0.4 is 5.32 Å². The van der Waals surface area contributed by atoms with Crippen molar-refractivity contribution in [3.63, 3.8) is 0 Å². The summed E-state index contributed by atoms with van der Waals surface area (Å²) in [5, 5.41) is 4.85. The first kappa shape index (κ1) is 17.0. The number of hydrogen-bond acceptors (Lipinski definition) is 3. The van der Waals surface area contributed by atoms with Crippen LogP contribution in [0.4, 0.5) is 0 Å². The summed E-state index contributed by atoms with van der Waals surface area (Å²) >= 11 is 12.4. The molecule has 0 bridgehead atoms. The minimum atomic E-state index is 0.168. The van der Waals surface area contributed by atoms with E-state index in [9.17, 15) is 0 Å². The maximum absolute atomic E-state index is 6.28. The third-order valence-corrected chi connectivity index (χ3v) is 4.73. The molecule has 1 heterocycles. The predicted octanol–water partition coefficient (Wildman–Crippen LogP) is 3.23. The molecular weight excluding hydrogens is 307 g/mol. The lowest BCUT2D eigenvalue weighted by molar-refractivity contribution is -0.0541. The molecule has 5 heteroatoms. The summed E-state index contributed by atoms with van der Waals surface area (Å²) in [4.78, 5) is 2.46. The van der Waals surface area contributed by atoms with Crippen molar-refractivity contribution >= 4 is 23.2 Å². The average molecular weight is 331 g/mol. The van der Waals surface area contributed by atoms with Gasteiger partial charge in [0.2, 0.25) is 0 Å². The van der Waals surface area contributed by atoms with Crippen molar-refractivity contribution in [2.24, 2.45) is 0 Å². The number of halogens is 2. The van der Waals surface area contributed by atoms with E-state index in [1.54, 1.807) is 0 Å². The van der Waals surface area contributed by atoms with Gasteiger partial charge in [0.25, 0.3) is 0 Å². The van der Waals surface area contributed by atoms with Crippen LogP contribution in [0.1, 0.15) is 19.4 Å². The molecule has 0 spiro atoms. The minimum absolute atomic E-state index is 0.168. The summed E-state index contributed by atoms with van der Waals surface area (Å²) in [6.07, 6.45) is 0.980. The predicted molar refractivity (Wildman–Crippen MR) is 89.5 cm³/mol. The SMILES string of the molecule is CNC(Cc1cc(Cl)ccc1Cl)C1CN(C(C)C)CCO1. The first-order valence-corrected chi connectivity index (χ1v) is 8.23. The minimum Gasteiger partial charge on any atom is -0.374 e. The Bertz CT molecular complexity index is 468. The van der Waals surface area contributed by atoms with Gasteiger partial charge in [0.05, 0.1) is 12.7 Å². The van der Waals surface area contributed by atoms with Gasteiger partial charge in [0, 0.05) is 35.2 Å². The molecule has 0 aliphatic carbocycles. The molecule has 1 saturated heterocycles. The Kier molecular flexibility index (Phi) is 6.33.